The van der Waals surface area contributed by atoms with Crippen molar-refractivity contribution in [2.75, 3.05) is 0 Å². The highest BCUT2D eigenvalue weighted by Crippen LogP contribution is 2.53. The summed E-state index contributed by atoms with van der Waals surface area (Å²) in [6.45, 7) is 7.04. The molecule has 2 N–H and O–H groups in total. The van der Waals surface area contributed by atoms with Crippen molar-refractivity contribution >= 4 is 0 Å². The summed E-state index contributed by atoms with van der Waals surface area (Å²) in [7, 11) is 0. The molecule has 0 aromatic heterocycles. The van der Waals surface area contributed by atoms with E-state index in [1.165, 1.54) is 19.3 Å². The van der Waals surface area contributed by atoms with Gasteiger partial charge in [0.25, 0.3) is 0 Å². The zero-order valence-electron chi connectivity index (χ0n) is 8.51. The van der Waals surface area contributed by atoms with E-state index in [0.29, 0.717) is 0 Å². The number of rotatable bonds is 0. The SMILES string of the molecule is CC1CC2C(C)CCC1C2(C)N. The van der Waals surface area contributed by atoms with Crippen molar-refractivity contribution in [3.05, 3.63) is 0 Å². The van der Waals surface area contributed by atoms with E-state index in [9.17, 15) is 0 Å². The lowest BCUT2D eigenvalue weighted by atomic mass is 9.68. The Morgan fingerprint density at radius 1 is 1.08 bits per heavy atom. The van der Waals surface area contributed by atoms with Gasteiger partial charge in [-0.05, 0) is 43.4 Å². The van der Waals surface area contributed by atoms with Crippen LogP contribution in [0.1, 0.15) is 40.0 Å². The molecule has 2 rings (SSSR count). The molecule has 5 unspecified atom stereocenters. The third-order valence-electron chi connectivity index (χ3n) is 4.53. The molecule has 5 atom stereocenters. The molecule has 0 radical (unpaired) electrons. The molecule has 2 fully saturated rings. The summed E-state index contributed by atoms with van der Waals surface area (Å²) in [6, 6.07) is 0. The third kappa shape index (κ3) is 0.953. The van der Waals surface area contributed by atoms with Crippen LogP contribution >= 0.6 is 0 Å². The van der Waals surface area contributed by atoms with E-state index in [1.807, 2.05) is 0 Å². The van der Waals surface area contributed by atoms with E-state index in [4.69, 9.17) is 5.73 Å². The summed E-state index contributed by atoms with van der Waals surface area (Å²) in [5.41, 5.74) is 6.56. The standard InChI is InChI=1S/C11H21N/c1-7-4-5-9-8(2)6-10(7)11(9,3)12/h7-10H,4-6,12H2,1-3H3. The van der Waals surface area contributed by atoms with Crippen LogP contribution in [0.25, 0.3) is 0 Å². The van der Waals surface area contributed by atoms with Crippen LogP contribution in [0.3, 0.4) is 0 Å². The second-order valence-electron chi connectivity index (χ2n) is 5.35. The molecule has 2 saturated carbocycles. The number of hydrogen-bond acceptors (Lipinski definition) is 1. The van der Waals surface area contributed by atoms with Gasteiger partial charge in [0, 0.05) is 5.54 Å². The Labute approximate surface area is 75.7 Å². The highest BCUT2D eigenvalue weighted by Gasteiger charge is 2.52. The van der Waals surface area contributed by atoms with E-state index in [2.05, 4.69) is 20.8 Å². The first-order chi connectivity index (χ1) is 5.53. The van der Waals surface area contributed by atoms with Crippen molar-refractivity contribution in [1.82, 2.24) is 0 Å². The van der Waals surface area contributed by atoms with Gasteiger partial charge in [0.1, 0.15) is 0 Å². The molecule has 0 aromatic rings. The van der Waals surface area contributed by atoms with E-state index in [1.54, 1.807) is 0 Å². The van der Waals surface area contributed by atoms with Gasteiger partial charge in [0.2, 0.25) is 0 Å². The van der Waals surface area contributed by atoms with Gasteiger partial charge >= 0.3 is 0 Å². The topological polar surface area (TPSA) is 26.0 Å². The molecule has 0 aliphatic heterocycles. The highest BCUT2D eigenvalue weighted by molar-refractivity contribution is 5.06. The van der Waals surface area contributed by atoms with Crippen LogP contribution in [0.2, 0.25) is 0 Å². The molecule has 2 bridgehead atoms. The fourth-order valence-electron chi connectivity index (χ4n) is 3.79. The lowest BCUT2D eigenvalue weighted by Crippen LogP contribution is -2.51. The second-order valence-corrected chi connectivity index (χ2v) is 5.35. The average Bonchev–Trinajstić information content (AvgIpc) is 2.14. The molecule has 12 heavy (non-hydrogen) atoms. The van der Waals surface area contributed by atoms with Gasteiger partial charge < -0.3 is 5.73 Å². The quantitative estimate of drug-likeness (QED) is 0.589. The Kier molecular flexibility index (Phi) is 1.76. The van der Waals surface area contributed by atoms with Crippen LogP contribution in [-0.4, -0.2) is 5.54 Å². The number of hydrogen-bond donors (Lipinski definition) is 1. The molecule has 1 nitrogen and oxygen atoms in total. The zero-order chi connectivity index (χ0) is 8.93. The fraction of sp³-hybridized carbons (Fsp3) is 1.00. The largest absolute Gasteiger partial charge is 0.325 e. The van der Waals surface area contributed by atoms with Crippen molar-refractivity contribution in [2.45, 2.75) is 45.6 Å². The molecule has 0 amide bonds. The third-order valence-corrected chi connectivity index (χ3v) is 4.53. The molecule has 70 valence electrons. The number of nitrogens with two attached hydrogens (primary N) is 1. The molecule has 0 spiro atoms. The van der Waals surface area contributed by atoms with Crippen molar-refractivity contribution < 1.29 is 0 Å². The van der Waals surface area contributed by atoms with Gasteiger partial charge in [-0.25, -0.2) is 0 Å². The summed E-state index contributed by atoms with van der Waals surface area (Å²) < 4.78 is 0. The Balaban J connectivity index is 2.28. The smallest absolute Gasteiger partial charge is 0.0188 e. The maximum Gasteiger partial charge on any atom is 0.0188 e. The predicted octanol–water partition coefficient (Wildman–Crippen LogP) is 2.41. The van der Waals surface area contributed by atoms with E-state index < -0.39 is 0 Å². The summed E-state index contributed by atoms with van der Waals surface area (Å²) in [5.74, 6) is 3.33. The monoisotopic (exact) mass is 167 g/mol. The Morgan fingerprint density at radius 2 is 1.75 bits per heavy atom. The molecule has 0 aromatic carbocycles. The van der Waals surface area contributed by atoms with Crippen LogP contribution in [0.15, 0.2) is 0 Å². The molecule has 0 saturated heterocycles. The highest BCUT2D eigenvalue weighted by atomic mass is 14.8. The average molecular weight is 167 g/mol. The van der Waals surface area contributed by atoms with E-state index in [-0.39, 0.29) is 5.54 Å². The van der Waals surface area contributed by atoms with Gasteiger partial charge in [0.15, 0.2) is 0 Å². The van der Waals surface area contributed by atoms with Gasteiger partial charge in [-0.15, -0.1) is 0 Å². The van der Waals surface area contributed by atoms with Gasteiger partial charge in [-0.3, -0.25) is 0 Å². The molecule has 2 aliphatic rings. The predicted molar refractivity (Wildman–Crippen MR) is 51.8 cm³/mol. The summed E-state index contributed by atoms with van der Waals surface area (Å²) in [6.07, 6.45) is 4.15. The van der Waals surface area contributed by atoms with Crippen LogP contribution < -0.4 is 5.73 Å². The van der Waals surface area contributed by atoms with Crippen LogP contribution in [-0.2, 0) is 0 Å². The minimum Gasteiger partial charge on any atom is -0.325 e. The summed E-state index contributed by atoms with van der Waals surface area (Å²) in [4.78, 5) is 0. The first-order valence-electron chi connectivity index (χ1n) is 5.32. The lowest BCUT2D eigenvalue weighted by molar-refractivity contribution is 0.135. The molecular weight excluding hydrogens is 146 g/mol. The summed E-state index contributed by atoms with van der Waals surface area (Å²) >= 11 is 0. The van der Waals surface area contributed by atoms with E-state index >= 15 is 0 Å². The second kappa shape index (κ2) is 2.47. The first kappa shape index (κ1) is 8.55. The minimum absolute atomic E-state index is 0.150. The normalized spacial score (nSPS) is 59.0. The minimum atomic E-state index is 0.150. The Bertz CT molecular complexity index is 185. The lowest BCUT2D eigenvalue weighted by Gasteiger charge is -2.41. The van der Waals surface area contributed by atoms with Crippen LogP contribution in [0, 0.1) is 23.7 Å². The Morgan fingerprint density at radius 3 is 2.33 bits per heavy atom. The molecule has 0 heterocycles. The zero-order valence-corrected chi connectivity index (χ0v) is 8.51. The van der Waals surface area contributed by atoms with Gasteiger partial charge in [0.05, 0.1) is 0 Å². The first-order valence-corrected chi connectivity index (χ1v) is 5.32. The molecule has 2 aliphatic carbocycles. The maximum atomic E-state index is 6.41. The van der Waals surface area contributed by atoms with Crippen molar-refractivity contribution in [2.24, 2.45) is 29.4 Å². The van der Waals surface area contributed by atoms with Gasteiger partial charge in [-0.2, -0.15) is 0 Å². The van der Waals surface area contributed by atoms with Crippen LogP contribution in [0.5, 0.6) is 0 Å². The van der Waals surface area contributed by atoms with Gasteiger partial charge in [-0.1, -0.05) is 20.3 Å². The summed E-state index contributed by atoms with van der Waals surface area (Å²) in [5, 5.41) is 0. The molecule has 1 heteroatoms. The fourth-order valence-corrected chi connectivity index (χ4v) is 3.79. The Hall–Kier alpha value is -0.0400. The van der Waals surface area contributed by atoms with Crippen molar-refractivity contribution in [1.29, 1.82) is 0 Å². The van der Waals surface area contributed by atoms with Crippen molar-refractivity contribution in [3.63, 3.8) is 0 Å². The van der Waals surface area contributed by atoms with Crippen molar-refractivity contribution in [3.8, 4) is 0 Å². The van der Waals surface area contributed by atoms with E-state index in [0.717, 1.165) is 23.7 Å². The van der Waals surface area contributed by atoms with Crippen LogP contribution in [0.4, 0.5) is 0 Å². The number of fused-ring (bicyclic) bond motifs is 2. The molecular formula is C11H21N. The maximum absolute atomic E-state index is 6.41.